The van der Waals surface area contributed by atoms with Gasteiger partial charge in [-0.3, -0.25) is 9.52 Å². The molecule has 1 N–H and O–H groups in total. The van der Waals surface area contributed by atoms with Crippen LogP contribution in [0, 0.1) is 0 Å². The average molecular weight is 397 g/mol. The number of benzene rings is 2. The number of carbonyl (C=O) groups excluding carboxylic acids is 1. The summed E-state index contributed by atoms with van der Waals surface area (Å²) in [5, 5.41) is 0.215. The fourth-order valence-electron chi connectivity index (χ4n) is 2.54. The van der Waals surface area contributed by atoms with E-state index in [1.165, 1.54) is 12.1 Å². The fourth-order valence-corrected chi connectivity index (χ4v) is 3.33. The number of halogens is 1. The lowest BCUT2D eigenvalue weighted by Crippen LogP contribution is -2.30. The molecule has 0 fully saturated rings. The number of nitrogens with zero attached hydrogens (tertiary/aromatic N) is 1. The van der Waals surface area contributed by atoms with Gasteiger partial charge in [-0.1, -0.05) is 29.8 Å². The van der Waals surface area contributed by atoms with Crippen molar-refractivity contribution in [3.05, 3.63) is 58.6 Å². The number of hydrogen-bond acceptors (Lipinski definition) is 4. The molecule has 0 bridgehead atoms. The molecule has 1 amide bonds. The summed E-state index contributed by atoms with van der Waals surface area (Å²) in [4.78, 5) is 14.4. The molecule has 2 aromatic carbocycles. The largest absolute Gasteiger partial charge is 0.496 e. The Hall–Kier alpha value is -2.25. The van der Waals surface area contributed by atoms with Gasteiger partial charge in [0.15, 0.2) is 0 Å². The van der Waals surface area contributed by atoms with Gasteiger partial charge in [-0.25, -0.2) is 8.42 Å². The van der Waals surface area contributed by atoms with E-state index >= 15 is 0 Å². The second-order valence-corrected chi connectivity index (χ2v) is 8.06. The predicted octanol–water partition coefficient (Wildman–Crippen LogP) is 3.55. The SMILES string of the molecule is COc1ccccc1C(C)N(C)C(=O)c1ccc(Cl)c(NS(C)(=O)=O)c1. The van der Waals surface area contributed by atoms with Crippen LogP contribution in [-0.2, 0) is 10.0 Å². The van der Waals surface area contributed by atoms with E-state index in [-0.39, 0.29) is 22.7 Å². The number of sulfonamides is 1. The summed E-state index contributed by atoms with van der Waals surface area (Å²) in [5.41, 5.74) is 1.36. The molecule has 0 aromatic heterocycles. The Labute approximate surface area is 158 Å². The van der Waals surface area contributed by atoms with E-state index in [1.54, 1.807) is 25.1 Å². The molecule has 0 heterocycles. The van der Waals surface area contributed by atoms with E-state index in [2.05, 4.69) is 4.72 Å². The Balaban J connectivity index is 2.32. The molecule has 8 heteroatoms. The topological polar surface area (TPSA) is 75.7 Å². The average Bonchev–Trinajstić information content (AvgIpc) is 2.60. The first-order valence-electron chi connectivity index (χ1n) is 7.81. The van der Waals surface area contributed by atoms with Crippen LogP contribution in [0.15, 0.2) is 42.5 Å². The Morgan fingerprint density at radius 3 is 2.50 bits per heavy atom. The van der Waals surface area contributed by atoms with Crippen molar-refractivity contribution in [1.82, 2.24) is 4.90 Å². The zero-order valence-corrected chi connectivity index (χ0v) is 16.6. The minimum atomic E-state index is -3.51. The highest BCUT2D eigenvalue weighted by molar-refractivity contribution is 7.92. The number of nitrogens with one attached hydrogen (secondary N) is 1. The molecule has 0 radical (unpaired) electrons. The quantitative estimate of drug-likeness (QED) is 0.810. The number of ether oxygens (including phenoxy) is 1. The second-order valence-electron chi connectivity index (χ2n) is 5.90. The van der Waals surface area contributed by atoms with Gasteiger partial charge in [0.25, 0.3) is 5.91 Å². The summed E-state index contributed by atoms with van der Waals surface area (Å²) in [7, 11) is -0.249. The number of carbonyl (C=O) groups is 1. The molecule has 0 aliphatic carbocycles. The van der Waals surface area contributed by atoms with Gasteiger partial charge in [0.1, 0.15) is 5.75 Å². The molecule has 1 unspecified atom stereocenters. The van der Waals surface area contributed by atoms with Crippen molar-refractivity contribution in [3.8, 4) is 5.75 Å². The summed E-state index contributed by atoms with van der Waals surface area (Å²) in [6, 6.07) is 11.7. The molecule has 1 atom stereocenters. The van der Waals surface area contributed by atoms with Crippen molar-refractivity contribution >= 4 is 33.2 Å². The van der Waals surface area contributed by atoms with E-state index in [1.807, 2.05) is 31.2 Å². The van der Waals surface area contributed by atoms with Gasteiger partial charge >= 0.3 is 0 Å². The number of para-hydroxylation sites is 1. The first-order valence-corrected chi connectivity index (χ1v) is 10.1. The van der Waals surface area contributed by atoms with Crippen molar-refractivity contribution in [3.63, 3.8) is 0 Å². The number of methoxy groups -OCH3 is 1. The molecule has 26 heavy (non-hydrogen) atoms. The smallest absolute Gasteiger partial charge is 0.254 e. The van der Waals surface area contributed by atoms with Crippen LogP contribution >= 0.6 is 11.6 Å². The van der Waals surface area contributed by atoms with Gasteiger partial charge < -0.3 is 9.64 Å². The molecule has 0 aliphatic rings. The van der Waals surface area contributed by atoms with Gasteiger partial charge in [0, 0.05) is 18.2 Å². The standard InChI is InChI=1S/C18H21ClN2O4S/c1-12(14-7-5-6-8-17(14)25-3)21(2)18(22)13-9-10-15(19)16(11-13)20-26(4,23)24/h5-12,20H,1-4H3. The highest BCUT2D eigenvalue weighted by Crippen LogP contribution is 2.30. The highest BCUT2D eigenvalue weighted by Gasteiger charge is 2.22. The maximum atomic E-state index is 12.9. The molecule has 0 saturated heterocycles. The normalized spacial score (nSPS) is 12.3. The first-order chi connectivity index (χ1) is 12.1. The number of rotatable bonds is 6. The molecule has 0 saturated carbocycles. The Morgan fingerprint density at radius 1 is 1.23 bits per heavy atom. The van der Waals surface area contributed by atoms with Crippen LogP contribution in [-0.4, -0.2) is 39.6 Å². The Kier molecular flexibility index (Phi) is 6.15. The van der Waals surface area contributed by atoms with Gasteiger partial charge in [0.2, 0.25) is 10.0 Å². The van der Waals surface area contributed by atoms with Crippen LogP contribution < -0.4 is 9.46 Å². The maximum absolute atomic E-state index is 12.9. The van der Waals surface area contributed by atoms with Crippen molar-refractivity contribution in [1.29, 1.82) is 0 Å². The summed E-state index contributed by atoms with van der Waals surface area (Å²) in [6.45, 7) is 1.89. The molecule has 140 valence electrons. The van der Waals surface area contributed by atoms with Crippen LogP contribution in [0.3, 0.4) is 0 Å². The molecular weight excluding hydrogens is 376 g/mol. The summed E-state index contributed by atoms with van der Waals surface area (Å²) in [6.07, 6.45) is 1.02. The summed E-state index contributed by atoms with van der Waals surface area (Å²) < 4.78 is 30.6. The fraction of sp³-hybridized carbons (Fsp3) is 0.278. The van der Waals surface area contributed by atoms with Crippen LogP contribution in [0.25, 0.3) is 0 Å². The van der Waals surface area contributed by atoms with Crippen LogP contribution in [0.5, 0.6) is 5.75 Å². The molecule has 2 rings (SSSR count). The van der Waals surface area contributed by atoms with Crippen LogP contribution in [0.2, 0.25) is 5.02 Å². The van der Waals surface area contributed by atoms with Gasteiger partial charge in [-0.15, -0.1) is 0 Å². The number of amides is 1. The first kappa shape index (κ1) is 20.1. The van der Waals surface area contributed by atoms with E-state index in [9.17, 15) is 13.2 Å². The zero-order chi connectivity index (χ0) is 19.5. The van der Waals surface area contributed by atoms with E-state index in [4.69, 9.17) is 16.3 Å². The van der Waals surface area contributed by atoms with Crippen molar-refractivity contribution < 1.29 is 17.9 Å². The molecule has 2 aromatic rings. The van der Waals surface area contributed by atoms with Gasteiger partial charge in [-0.2, -0.15) is 0 Å². The van der Waals surface area contributed by atoms with E-state index in [0.29, 0.717) is 11.3 Å². The zero-order valence-electron chi connectivity index (χ0n) is 15.0. The third-order valence-corrected chi connectivity index (χ3v) is 4.92. The lowest BCUT2D eigenvalue weighted by Gasteiger charge is -2.27. The third kappa shape index (κ3) is 4.68. The third-order valence-electron chi connectivity index (χ3n) is 4.00. The van der Waals surface area contributed by atoms with Crippen LogP contribution in [0.1, 0.15) is 28.9 Å². The Morgan fingerprint density at radius 2 is 1.88 bits per heavy atom. The molecule has 0 spiro atoms. The minimum Gasteiger partial charge on any atom is -0.496 e. The monoisotopic (exact) mass is 396 g/mol. The van der Waals surface area contributed by atoms with Gasteiger partial charge in [0.05, 0.1) is 30.1 Å². The van der Waals surface area contributed by atoms with Crippen molar-refractivity contribution in [2.24, 2.45) is 0 Å². The maximum Gasteiger partial charge on any atom is 0.254 e. The predicted molar refractivity (Wildman–Crippen MR) is 103 cm³/mol. The number of anilines is 1. The second kappa shape index (κ2) is 7.97. The van der Waals surface area contributed by atoms with Crippen molar-refractivity contribution in [2.75, 3.05) is 25.1 Å². The van der Waals surface area contributed by atoms with E-state index < -0.39 is 10.0 Å². The Bertz CT molecular complexity index is 915. The van der Waals surface area contributed by atoms with E-state index in [0.717, 1.165) is 11.8 Å². The van der Waals surface area contributed by atoms with Crippen molar-refractivity contribution in [2.45, 2.75) is 13.0 Å². The lowest BCUT2D eigenvalue weighted by molar-refractivity contribution is 0.0741. The van der Waals surface area contributed by atoms with Gasteiger partial charge in [-0.05, 0) is 31.2 Å². The summed E-state index contributed by atoms with van der Waals surface area (Å²) >= 11 is 6.02. The lowest BCUT2D eigenvalue weighted by atomic mass is 10.0. The summed E-state index contributed by atoms with van der Waals surface area (Å²) in [5.74, 6) is 0.423. The highest BCUT2D eigenvalue weighted by atomic mass is 35.5. The number of hydrogen-bond donors (Lipinski definition) is 1. The molecular formula is C18H21ClN2O4S. The molecule has 0 aliphatic heterocycles. The minimum absolute atomic E-state index is 0.165. The van der Waals surface area contributed by atoms with Crippen LogP contribution in [0.4, 0.5) is 5.69 Å². The molecule has 6 nitrogen and oxygen atoms in total.